The van der Waals surface area contributed by atoms with E-state index in [9.17, 15) is 27.6 Å². The van der Waals surface area contributed by atoms with Crippen LogP contribution in [0.4, 0.5) is 23.7 Å². The van der Waals surface area contributed by atoms with E-state index >= 15 is 0 Å². The lowest BCUT2D eigenvalue weighted by molar-refractivity contribution is -0.137. The molecule has 0 saturated carbocycles. The smallest absolute Gasteiger partial charge is 0.416 e. The molecule has 0 unspecified atom stereocenters. The number of imide groups is 1. The van der Waals surface area contributed by atoms with Crippen LogP contribution in [0.3, 0.4) is 0 Å². The average Bonchev–Trinajstić information content (AvgIpc) is 2.97. The number of amides is 4. The van der Waals surface area contributed by atoms with E-state index in [0.29, 0.717) is 28.0 Å². The maximum Gasteiger partial charge on any atom is 0.416 e. The lowest BCUT2D eigenvalue weighted by atomic mass is 9.92. The number of methoxy groups -OCH3 is 2. The highest BCUT2D eigenvalue weighted by atomic mass is 35.5. The summed E-state index contributed by atoms with van der Waals surface area (Å²) in [6, 6.07) is 6.66. The van der Waals surface area contributed by atoms with Crippen LogP contribution in [0.1, 0.15) is 18.1 Å². The monoisotopic (exact) mass is 499 g/mol. The number of anilines is 1. The van der Waals surface area contributed by atoms with Crippen LogP contribution in [0.15, 0.2) is 36.4 Å². The Kier molecular flexibility index (Phi) is 6.97. The molecular weight excluding hydrogens is 479 g/mol. The fraction of sp³-hybridized carbons (Fsp3) is 0.318. The van der Waals surface area contributed by atoms with Crippen LogP contribution in [0.25, 0.3) is 0 Å². The Morgan fingerprint density at radius 3 is 2.41 bits per heavy atom. The van der Waals surface area contributed by atoms with E-state index in [4.69, 9.17) is 21.1 Å². The molecule has 0 aromatic heterocycles. The van der Waals surface area contributed by atoms with Crippen molar-refractivity contribution in [3.05, 3.63) is 52.5 Å². The molecule has 0 bridgehead atoms. The molecule has 1 aliphatic heterocycles. The summed E-state index contributed by atoms with van der Waals surface area (Å²) < 4.78 is 49.3. The highest BCUT2D eigenvalue weighted by Gasteiger charge is 2.48. The number of halogens is 4. The summed E-state index contributed by atoms with van der Waals surface area (Å²) in [6.07, 6.45) is -4.55. The van der Waals surface area contributed by atoms with Crippen molar-refractivity contribution in [3.8, 4) is 11.5 Å². The minimum absolute atomic E-state index is 0.0928. The van der Waals surface area contributed by atoms with Crippen LogP contribution in [-0.4, -0.2) is 49.0 Å². The number of urea groups is 1. The van der Waals surface area contributed by atoms with Gasteiger partial charge in [-0.15, -0.1) is 0 Å². The van der Waals surface area contributed by atoms with E-state index in [1.54, 1.807) is 18.2 Å². The molecule has 8 nitrogen and oxygen atoms in total. The molecule has 2 aromatic carbocycles. The Hall–Kier alpha value is -3.47. The van der Waals surface area contributed by atoms with Crippen LogP contribution in [0, 0.1) is 0 Å². The normalized spacial score (nSPS) is 18.0. The van der Waals surface area contributed by atoms with Gasteiger partial charge in [0.1, 0.15) is 12.1 Å². The number of carbonyl (C=O) groups is 3. The van der Waals surface area contributed by atoms with Gasteiger partial charge >= 0.3 is 12.2 Å². The van der Waals surface area contributed by atoms with E-state index < -0.39 is 41.7 Å². The fourth-order valence-corrected chi connectivity index (χ4v) is 3.70. The zero-order chi connectivity index (χ0) is 25.3. The molecule has 1 saturated heterocycles. The van der Waals surface area contributed by atoms with Gasteiger partial charge in [0.05, 0.1) is 30.5 Å². The minimum atomic E-state index is -4.64. The van der Waals surface area contributed by atoms with E-state index in [1.807, 2.05) is 0 Å². The number of alkyl halides is 3. The summed E-state index contributed by atoms with van der Waals surface area (Å²) in [7, 11) is 2.94. The van der Waals surface area contributed by atoms with Crippen molar-refractivity contribution in [2.75, 3.05) is 26.1 Å². The van der Waals surface area contributed by atoms with Gasteiger partial charge in [0.2, 0.25) is 5.91 Å². The maximum absolute atomic E-state index is 13.0. The van der Waals surface area contributed by atoms with E-state index in [1.165, 1.54) is 21.1 Å². The first kappa shape index (κ1) is 25.2. The zero-order valence-corrected chi connectivity index (χ0v) is 19.1. The molecule has 1 aliphatic rings. The quantitative estimate of drug-likeness (QED) is 0.564. The van der Waals surface area contributed by atoms with Gasteiger partial charge in [-0.3, -0.25) is 14.5 Å². The number of nitrogens with zero attached hydrogens (tertiary/aromatic N) is 1. The summed E-state index contributed by atoms with van der Waals surface area (Å²) in [5.74, 6) is -0.628. The van der Waals surface area contributed by atoms with Gasteiger partial charge in [0.25, 0.3) is 5.91 Å². The van der Waals surface area contributed by atoms with Crippen molar-refractivity contribution in [3.63, 3.8) is 0 Å². The first-order valence-corrected chi connectivity index (χ1v) is 10.3. The molecule has 1 heterocycles. The Morgan fingerprint density at radius 2 is 1.79 bits per heavy atom. The first-order valence-electron chi connectivity index (χ1n) is 9.89. The first-order chi connectivity index (χ1) is 15.9. The summed E-state index contributed by atoms with van der Waals surface area (Å²) in [5.41, 5.74) is -1.99. The standard InChI is InChI=1S/C22H21ClF3N3O5/c1-21(10-12-4-7-16(33-2)17(8-12)34-3)19(31)29(20(32)28-21)11-18(30)27-15-9-13(22(24,25)26)5-6-14(15)23/h4-9H,10-11H2,1-3H3,(H,27,30)(H,28,32)/t21-/m1/s1. The zero-order valence-electron chi connectivity index (χ0n) is 18.4. The molecule has 0 radical (unpaired) electrons. The largest absolute Gasteiger partial charge is 0.493 e. The third kappa shape index (κ3) is 5.19. The SMILES string of the molecule is COc1ccc(C[C@@]2(C)NC(=O)N(CC(=O)Nc3cc(C(F)(F)F)ccc3Cl)C2=O)cc1OC. The van der Waals surface area contributed by atoms with Crippen LogP contribution >= 0.6 is 11.6 Å². The number of ether oxygens (including phenoxy) is 2. The van der Waals surface area contributed by atoms with E-state index in [2.05, 4.69) is 10.6 Å². The van der Waals surface area contributed by atoms with E-state index in [-0.39, 0.29) is 17.1 Å². The van der Waals surface area contributed by atoms with Gasteiger partial charge in [-0.05, 0) is 42.8 Å². The van der Waals surface area contributed by atoms with Gasteiger partial charge in [0.15, 0.2) is 11.5 Å². The van der Waals surface area contributed by atoms with E-state index in [0.717, 1.165) is 12.1 Å². The molecular formula is C22H21ClF3N3O5. The third-order valence-corrected chi connectivity index (χ3v) is 5.55. The molecule has 0 spiro atoms. The predicted octanol–water partition coefficient (Wildman–Crippen LogP) is 3.87. The predicted molar refractivity (Wildman–Crippen MR) is 117 cm³/mol. The van der Waals surface area contributed by atoms with Crippen molar-refractivity contribution >= 4 is 35.1 Å². The number of rotatable bonds is 7. The summed E-state index contributed by atoms with van der Waals surface area (Å²) in [4.78, 5) is 38.6. The third-order valence-electron chi connectivity index (χ3n) is 5.22. The van der Waals surface area contributed by atoms with Crippen LogP contribution in [0.2, 0.25) is 5.02 Å². The number of nitrogens with one attached hydrogen (secondary N) is 2. The topological polar surface area (TPSA) is 97.0 Å². The fourth-order valence-electron chi connectivity index (χ4n) is 3.54. The second-order valence-electron chi connectivity index (χ2n) is 7.76. The molecule has 1 atom stereocenters. The average molecular weight is 500 g/mol. The summed E-state index contributed by atoms with van der Waals surface area (Å²) in [6.45, 7) is 0.796. The Morgan fingerprint density at radius 1 is 1.12 bits per heavy atom. The highest BCUT2D eigenvalue weighted by molar-refractivity contribution is 6.33. The van der Waals surface area contributed by atoms with Gasteiger partial charge in [0, 0.05) is 6.42 Å². The van der Waals surface area contributed by atoms with Gasteiger partial charge in [-0.2, -0.15) is 13.2 Å². The van der Waals surface area contributed by atoms with Crippen LogP contribution in [-0.2, 0) is 22.2 Å². The van der Waals surface area contributed by atoms with Gasteiger partial charge in [-0.1, -0.05) is 17.7 Å². The molecule has 34 heavy (non-hydrogen) atoms. The molecule has 2 aromatic rings. The van der Waals surface area contributed by atoms with Crippen molar-refractivity contribution in [2.45, 2.75) is 25.1 Å². The molecule has 1 fully saturated rings. The summed E-state index contributed by atoms with van der Waals surface area (Å²) >= 11 is 5.89. The molecule has 0 aliphatic carbocycles. The van der Waals surface area contributed by atoms with Crippen LogP contribution < -0.4 is 20.1 Å². The molecule has 3 rings (SSSR count). The van der Waals surface area contributed by atoms with Crippen LogP contribution in [0.5, 0.6) is 11.5 Å². The number of carbonyl (C=O) groups excluding carboxylic acids is 3. The Bertz CT molecular complexity index is 1140. The van der Waals surface area contributed by atoms with Gasteiger partial charge < -0.3 is 20.1 Å². The van der Waals surface area contributed by atoms with Crippen molar-refractivity contribution in [2.24, 2.45) is 0 Å². The molecule has 4 amide bonds. The summed E-state index contributed by atoms with van der Waals surface area (Å²) in [5, 5.41) is 4.66. The molecule has 2 N–H and O–H groups in total. The Balaban J connectivity index is 1.73. The number of hydrogen-bond donors (Lipinski definition) is 2. The van der Waals surface area contributed by atoms with Crippen molar-refractivity contribution < 1.29 is 37.0 Å². The Labute approximate surface area is 198 Å². The second kappa shape index (κ2) is 9.41. The minimum Gasteiger partial charge on any atom is -0.493 e. The molecule has 12 heteroatoms. The maximum atomic E-state index is 13.0. The lowest BCUT2D eigenvalue weighted by Crippen LogP contribution is -2.46. The molecule has 182 valence electrons. The number of benzene rings is 2. The van der Waals surface area contributed by atoms with Crippen molar-refractivity contribution in [1.82, 2.24) is 10.2 Å². The second-order valence-corrected chi connectivity index (χ2v) is 8.17. The van der Waals surface area contributed by atoms with Gasteiger partial charge in [-0.25, -0.2) is 4.79 Å². The highest BCUT2D eigenvalue weighted by Crippen LogP contribution is 2.34. The number of hydrogen-bond acceptors (Lipinski definition) is 5. The van der Waals surface area contributed by atoms with Crippen molar-refractivity contribution in [1.29, 1.82) is 0 Å². The lowest BCUT2D eigenvalue weighted by Gasteiger charge is -2.22.